The van der Waals surface area contributed by atoms with Crippen LogP contribution in [0.3, 0.4) is 0 Å². The number of benzene rings is 2. The van der Waals surface area contributed by atoms with Crippen LogP contribution < -0.4 is 10.6 Å². The van der Waals surface area contributed by atoms with Crippen LogP contribution >= 0.6 is 0 Å². The van der Waals surface area contributed by atoms with E-state index in [1.54, 1.807) is 0 Å². The van der Waals surface area contributed by atoms with E-state index in [0.717, 1.165) is 31.6 Å². The summed E-state index contributed by atoms with van der Waals surface area (Å²) in [6.07, 6.45) is 3.59. The summed E-state index contributed by atoms with van der Waals surface area (Å²) in [5.41, 5.74) is 0.368. The Labute approximate surface area is 181 Å². The third-order valence-corrected chi connectivity index (χ3v) is 7.94. The standard InChI is InChI=1S/C20H24FN3O5S2/c1-30(26,27)20-17(21)6-5-7-18(20)22-14-19(25)23-15-8-10-16(11-9-15)31(28,29)24-12-3-2-4-13-24/h5-11,22H,2-4,12-14H2,1H3,(H,23,25). The first-order valence-electron chi connectivity index (χ1n) is 9.71. The monoisotopic (exact) mass is 469 g/mol. The van der Waals surface area contributed by atoms with Crippen LogP contribution in [0.4, 0.5) is 15.8 Å². The zero-order chi connectivity index (χ0) is 22.6. The van der Waals surface area contributed by atoms with Crippen LogP contribution in [-0.4, -0.2) is 52.9 Å². The average molecular weight is 470 g/mol. The molecule has 0 unspecified atom stereocenters. The lowest BCUT2D eigenvalue weighted by Crippen LogP contribution is -2.35. The largest absolute Gasteiger partial charge is 0.375 e. The molecule has 3 rings (SSSR count). The topological polar surface area (TPSA) is 113 Å². The molecule has 0 aliphatic carbocycles. The summed E-state index contributed by atoms with van der Waals surface area (Å²) in [7, 11) is -7.39. The Kier molecular flexibility index (Phi) is 6.97. The predicted molar refractivity (Wildman–Crippen MR) is 116 cm³/mol. The van der Waals surface area contributed by atoms with Gasteiger partial charge in [0.2, 0.25) is 15.9 Å². The molecule has 31 heavy (non-hydrogen) atoms. The lowest BCUT2D eigenvalue weighted by molar-refractivity contribution is -0.114. The van der Waals surface area contributed by atoms with Gasteiger partial charge in [0.05, 0.1) is 17.1 Å². The fourth-order valence-corrected chi connectivity index (χ4v) is 5.85. The molecule has 0 saturated carbocycles. The van der Waals surface area contributed by atoms with E-state index in [1.807, 2.05) is 0 Å². The highest BCUT2D eigenvalue weighted by molar-refractivity contribution is 7.91. The molecule has 2 aromatic rings. The van der Waals surface area contributed by atoms with E-state index in [0.29, 0.717) is 18.8 Å². The van der Waals surface area contributed by atoms with Crippen LogP contribution in [0.2, 0.25) is 0 Å². The SMILES string of the molecule is CS(=O)(=O)c1c(F)cccc1NCC(=O)Nc1ccc(S(=O)(=O)N2CCCCC2)cc1. The highest BCUT2D eigenvalue weighted by atomic mass is 32.2. The number of hydrogen-bond acceptors (Lipinski definition) is 6. The third-order valence-electron chi connectivity index (χ3n) is 4.87. The van der Waals surface area contributed by atoms with Crippen molar-refractivity contribution in [1.82, 2.24) is 4.31 Å². The van der Waals surface area contributed by atoms with Gasteiger partial charge >= 0.3 is 0 Å². The van der Waals surface area contributed by atoms with Gasteiger partial charge in [0.15, 0.2) is 9.84 Å². The van der Waals surface area contributed by atoms with Crippen LogP contribution in [-0.2, 0) is 24.7 Å². The van der Waals surface area contributed by atoms with Gasteiger partial charge in [-0.1, -0.05) is 12.5 Å². The zero-order valence-electron chi connectivity index (χ0n) is 17.0. The minimum absolute atomic E-state index is 0.0133. The quantitative estimate of drug-likeness (QED) is 0.644. The molecule has 0 aromatic heterocycles. The Hall–Kier alpha value is -2.50. The van der Waals surface area contributed by atoms with Gasteiger partial charge in [0, 0.05) is 25.0 Å². The minimum atomic E-state index is -3.83. The van der Waals surface area contributed by atoms with Crippen molar-refractivity contribution in [2.75, 3.05) is 36.5 Å². The summed E-state index contributed by atoms with van der Waals surface area (Å²) < 4.78 is 64.3. The summed E-state index contributed by atoms with van der Waals surface area (Å²) in [5, 5.41) is 5.22. The zero-order valence-corrected chi connectivity index (χ0v) is 18.6. The Morgan fingerprint density at radius 2 is 1.65 bits per heavy atom. The second-order valence-corrected chi connectivity index (χ2v) is 11.2. The number of sulfone groups is 1. The number of rotatable bonds is 7. The molecule has 1 heterocycles. The van der Waals surface area contributed by atoms with Gasteiger partial charge < -0.3 is 10.6 Å². The molecule has 8 nitrogen and oxygen atoms in total. The number of carbonyl (C=O) groups is 1. The van der Waals surface area contributed by atoms with Crippen molar-refractivity contribution in [3.63, 3.8) is 0 Å². The lowest BCUT2D eigenvalue weighted by Gasteiger charge is -2.25. The number of piperidine rings is 1. The molecule has 168 valence electrons. The second kappa shape index (κ2) is 9.33. The van der Waals surface area contributed by atoms with Gasteiger partial charge in [-0.25, -0.2) is 21.2 Å². The van der Waals surface area contributed by atoms with E-state index in [4.69, 9.17) is 0 Å². The van der Waals surface area contributed by atoms with Gasteiger partial charge in [0.1, 0.15) is 10.7 Å². The van der Waals surface area contributed by atoms with Crippen LogP contribution in [0.15, 0.2) is 52.3 Å². The summed E-state index contributed by atoms with van der Waals surface area (Å²) in [5.74, 6) is -1.41. The third kappa shape index (κ3) is 5.60. The number of nitrogens with one attached hydrogen (secondary N) is 2. The van der Waals surface area contributed by atoms with Gasteiger partial charge in [-0.15, -0.1) is 0 Å². The summed E-state index contributed by atoms with van der Waals surface area (Å²) in [6.45, 7) is 0.698. The average Bonchev–Trinajstić information content (AvgIpc) is 2.72. The highest BCUT2D eigenvalue weighted by Gasteiger charge is 2.25. The number of hydrogen-bond donors (Lipinski definition) is 2. The maximum absolute atomic E-state index is 13.9. The molecule has 11 heteroatoms. The molecule has 0 atom stereocenters. The number of anilines is 2. The number of sulfonamides is 1. The first kappa shape index (κ1) is 23.2. The number of carbonyl (C=O) groups excluding carboxylic acids is 1. The van der Waals surface area contributed by atoms with Crippen molar-refractivity contribution in [2.45, 2.75) is 29.1 Å². The van der Waals surface area contributed by atoms with Gasteiger partial charge in [-0.3, -0.25) is 4.79 Å². The molecule has 2 aromatic carbocycles. The Morgan fingerprint density at radius 1 is 1.00 bits per heavy atom. The fraction of sp³-hybridized carbons (Fsp3) is 0.350. The van der Waals surface area contributed by atoms with Crippen molar-refractivity contribution in [1.29, 1.82) is 0 Å². The Balaban J connectivity index is 1.64. The first-order chi connectivity index (χ1) is 14.6. The Bertz CT molecular complexity index is 1160. The maximum Gasteiger partial charge on any atom is 0.243 e. The van der Waals surface area contributed by atoms with E-state index < -0.39 is 36.5 Å². The van der Waals surface area contributed by atoms with E-state index in [1.165, 1.54) is 40.7 Å². The van der Waals surface area contributed by atoms with E-state index in [-0.39, 0.29) is 17.1 Å². The van der Waals surface area contributed by atoms with Crippen molar-refractivity contribution in [2.24, 2.45) is 0 Å². The van der Waals surface area contributed by atoms with Crippen LogP contribution in [0.1, 0.15) is 19.3 Å². The van der Waals surface area contributed by atoms with Crippen LogP contribution in [0.25, 0.3) is 0 Å². The number of amides is 1. The first-order valence-corrected chi connectivity index (χ1v) is 13.0. The van der Waals surface area contributed by atoms with E-state index in [2.05, 4.69) is 10.6 Å². The minimum Gasteiger partial charge on any atom is -0.375 e. The smallest absolute Gasteiger partial charge is 0.243 e. The van der Waals surface area contributed by atoms with Crippen LogP contribution in [0.5, 0.6) is 0 Å². The molecule has 1 fully saturated rings. The van der Waals surface area contributed by atoms with E-state index >= 15 is 0 Å². The molecule has 0 spiro atoms. The van der Waals surface area contributed by atoms with Gasteiger partial charge in [-0.05, 0) is 49.2 Å². The number of halogens is 1. The Morgan fingerprint density at radius 3 is 2.26 bits per heavy atom. The maximum atomic E-state index is 13.9. The molecular weight excluding hydrogens is 445 g/mol. The van der Waals surface area contributed by atoms with Crippen molar-refractivity contribution >= 4 is 37.1 Å². The molecule has 1 aliphatic rings. The van der Waals surface area contributed by atoms with E-state index in [9.17, 15) is 26.0 Å². The molecular formula is C20H24FN3O5S2. The van der Waals surface area contributed by atoms with Crippen molar-refractivity contribution < 1.29 is 26.0 Å². The summed E-state index contributed by atoms with van der Waals surface area (Å²) in [4.78, 5) is 11.9. The highest BCUT2D eigenvalue weighted by Crippen LogP contribution is 2.24. The predicted octanol–water partition coefficient (Wildman–Crippen LogP) is 2.45. The lowest BCUT2D eigenvalue weighted by atomic mass is 10.2. The van der Waals surface area contributed by atoms with Crippen molar-refractivity contribution in [3.8, 4) is 0 Å². The van der Waals surface area contributed by atoms with Crippen LogP contribution in [0, 0.1) is 5.82 Å². The molecule has 2 N–H and O–H groups in total. The van der Waals surface area contributed by atoms with Gasteiger partial charge in [-0.2, -0.15) is 4.31 Å². The second-order valence-electron chi connectivity index (χ2n) is 7.28. The molecule has 1 amide bonds. The van der Waals surface area contributed by atoms with Gasteiger partial charge in [0.25, 0.3) is 0 Å². The fourth-order valence-electron chi connectivity index (χ4n) is 3.37. The summed E-state index contributed by atoms with van der Waals surface area (Å²) in [6, 6.07) is 9.57. The molecule has 0 bridgehead atoms. The number of nitrogens with zero attached hydrogens (tertiary/aromatic N) is 1. The van der Waals surface area contributed by atoms with Crippen molar-refractivity contribution in [3.05, 3.63) is 48.3 Å². The summed E-state index contributed by atoms with van der Waals surface area (Å²) >= 11 is 0. The normalized spacial score (nSPS) is 15.4. The molecule has 1 aliphatic heterocycles. The molecule has 0 radical (unpaired) electrons. The molecule has 1 saturated heterocycles.